The highest BCUT2D eigenvalue weighted by molar-refractivity contribution is 7.80. The minimum atomic E-state index is -1.75. The van der Waals surface area contributed by atoms with Crippen molar-refractivity contribution >= 4 is 90.2 Å². The Balaban J connectivity index is 2.77. The summed E-state index contributed by atoms with van der Waals surface area (Å²) in [7, 11) is 0. The van der Waals surface area contributed by atoms with Crippen LogP contribution in [-0.4, -0.2) is 152 Å². The van der Waals surface area contributed by atoms with E-state index in [1.54, 1.807) is 30.3 Å². The highest BCUT2D eigenvalue weighted by atomic mass is 32.1. The number of ether oxygens (including phenoxy) is 1. The summed E-state index contributed by atoms with van der Waals surface area (Å²) in [6.45, 7) is -0.580. The van der Waals surface area contributed by atoms with Gasteiger partial charge in [-0.25, -0.2) is 14.4 Å². The van der Waals surface area contributed by atoms with Crippen molar-refractivity contribution in [3.8, 4) is 0 Å². The first-order chi connectivity index (χ1) is 32.1. The molecule has 13 N–H and O–H groups in total. The van der Waals surface area contributed by atoms with Gasteiger partial charge in [0.15, 0.2) is 12.0 Å². The van der Waals surface area contributed by atoms with Gasteiger partial charge < -0.3 is 67.9 Å². The van der Waals surface area contributed by atoms with Gasteiger partial charge in [-0.2, -0.15) is 12.6 Å². The molecule has 0 bridgehead atoms. The average molecular weight is 984 g/mol. The van der Waals surface area contributed by atoms with Crippen LogP contribution in [0, 0.1) is 5.92 Å². The molecule has 376 valence electrons. The normalized spacial score (nSPS) is 13.8. The third-order valence-corrected chi connectivity index (χ3v) is 10.1. The molecule has 1 aromatic rings. The Morgan fingerprint density at radius 2 is 1.25 bits per heavy atom. The van der Waals surface area contributed by atoms with Gasteiger partial charge in [0.1, 0.15) is 30.0 Å². The second-order valence-electron chi connectivity index (χ2n) is 15.2. The number of carboxylic acid groups (broad SMARTS) is 5. The lowest BCUT2D eigenvalue weighted by Crippen LogP contribution is -2.57. The highest BCUT2D eigenvalue weighted by Crippen LogP contribution is 2.17. The Morgan fingerprint density at radius 1 is 0.618 bits per heavy atom. The Labute approximate surface area is 393 Å². The molecular weight excluding hydrogens is 927 g/mol. The molecule has 68 heavy (non-hydrogen) atoms. The summed E-state index contributed by atoms with van der Waals surface area (Å²) in [5.41, 5.74) is 6.42. The summed E-state index contributed by atoms with van der Waals surface area (Å²) in [5, 5.41) is 59.8. The van der Waals surface area contributed by atoms with Crippen LogP contribution in [0.25, 0.3) is 0 Å². The Bertz CT molecular complexity index is 1960. The van der Waals surface area contributed by atoms with Crippen molar-refractivity contribution < 1.29 is 92.6 Å². The van der Waals surface area contributed by atoms with E-state index >= 15 is 0 Å². The van der Waals surface area contributed by atoms with E-state index in [0.717, 1.165) is 0 Å². The number of carbonyl (C=O) groups excluding carboxylic acids is 8. The van der Waals surface area contributed by atoms with Gasteiger partial charge in [-0.1, -0.05) is 30.3 Å². The van der Waals surface area contributed by atoms with Crippen LogP contribution in [0.4, 0.5) is 4.79 Å². The SMILES string of the molecule is N[C@@H](CNC(=O)CC[C@H](CC(=O)[C@H](Cc1ccccc1)NC(=O)CCCCC(=O)CC[C@H](NC(=O)N[C@@H](CCC(=O)O)OC=O)C(=O)O)C(=O)O)C(=O)NC(CC(=O)O)C(=O)N[C@@H](CS)C(=O)O. The van der Waals surface area contributed by atoms with Crippen LogP contribution in [0.1, 0.15) is 82.6 Å². The molecule has 0 aliphatic carbocycles. The zero-order chi connectivity index (χ0) is 51.3. The number of aliphatic carboxylic acids is 5. The fraction of sp³-hybridized carbons (Fsp3) is 0.537. The van der Waals surface area contributed by atoms with Crippen molar-refractivity contribution in [3.63, 3.8) is 0 Å². The lowest BCUT2D eigenvalue weighted by atomic mass is 9.91. The van der Waals surface area contributed by atoms with E-state index in [2.05, 4.69) is 43.9 Å². The van der Waals surface area contributed by atoms with Gasteiger partial charge in [-0.3, -0.25) is 47.9 Å². The monoisotopic (exact) mass is 983 g/mol. The number of hydrogen-bond donors (Lipinski definition) is 13. The summed E-state index contributed by atoms with van der Waals surface area (Å²) in [4.78, 5) is 157. The minimum Gasteiger partial charge on any atom is -0.481 e. The first-order valence-corrected chi connectivity index (χ1v) is 21.6. The summed E-state index contributed by atoms with van der Waals surface area (Å²) < 4.78 is 4.59. The number of Topliss-reactive ketones (excluding diaryl/α,β-unsaturated/α-hetero) is 2. The van der Waals surface area contributed by atoms with E-state index in [1.165, 1.54) is 0 Å². The maximum atomic E-state index is 13.5. The molecule has 1 aromatic carbocycles. The Morgan fingerprint density at radius 3 is 1.82 bits per heavy atom. The van der Waals surface area contributed by atoms with Crippen LogP contribution in [0.15, 0.2) is 30.3 Å². The average Bonchev–Trinajstić information content (AvgIpc) is 3.27. The van der Waals surface area contributed by atoms with Crippen molar-refractivity contribution in [3.05, 3.63) is 35.9 Å². The summed E-state index contributed by atoms with van der Waals surface area (Å²) in [6, 6.07) is -0.174. The number of unbranched alkanes of at least 4 members (excludes halogenated alkanes) is 1. The largest absolute Gasteiger partial charge is 0.481 e. The molecule has 0 aliphatic heterocycles. The maximum absolute atomic E-state index is 13.5. The summed E-state index contributed by atoms with van der Waals surface area (Å²) in [6.07, 6.45) is -5.04. The molecule has 0 heterocycles. The number of ketones is 2. The van der Waals surface area contributed by atoms with E-state index < -0.39 is 146 Å². The predicted molar refractivity (Wildman–Crippen MR) is 234 cm³/mol. The molecule has 0 saturated carbocycles. The molecule has 0 aliphatic rings. The second-order valence-corrected chi connectivity index (χ2v) is 15.5. The van der Waals surface area contributed by atoms with Crippen LogP contribution in [-0.2, 0) is 68.7 Å². The fourth-order valence-corrected chi connectivity index (χ4v) is 6.28. The molecule has 7 atom stereocenters. The van der Waals surface area contributed by atoms with Crippen molar-refractivity contribution in [1.29, 1.82) is 0 Å². The van der Waals surface area contributed by atoms with Gasteiger partial charge in [-0.15, -0.1) is 0 Å². The quantitative estimate of drug-likeness (QED) is 0.0151. The summed E-state index contributed by atoms with van der Waals surface area (Å²) in [5.74, 6) is -13.6. The lowest BCUT2D eigenvalue weighted by molar-refractivity contribution is -0.144. The fourth-order valence-electron chi connectivity index (χ4n) is 6.03. The Kier molecular flexibility index (Phi) is 27.4. The standard InChI is InChI=1S/C41H57N7O19S/c42-25(36(58)45-28(18-35(56)57)37(59)46-29(20-68)40(64)65)19-43-31(52)13-10-23(38(60)61)17-30(51)27(16-22-6-2-1-3-7-22)44-32(53)9-5-4-8-24(50)11-12-26(39(62)63)47-41(66)48-33(67-21-49)14-15-34(54)55/h1-3,6-7,21,23,25-29,33,68H,4-5,8-20,42H2,(H,43,52)(H,44,53)(H,45,58)(H,46,59)(H,54,55)(H,56,57)(H,60,61)(H,62,63)(H,64,65)(H2,47,48,66)/t23-,25+,26+,27+,28?,29+,33-/m1/s1. The number of benzene rings is 1. The molecule has 0 fully saturated rings. The molecule has 0 radical (unpaired) electrons. The van der Waals surface area contributed by atoms with E-state index in [0.29, 0.717) is 5.56 Å². The van der Waals surface area contributed by atoms with Crippen LogP contribution in [0.2, 0.25) is 0 Å². The zero-order valence-electron chi connectivity index (χ0n) is 36.6. The topological polar surface area (TPSA) is 430 Å². The van der Waals surface area contributed by atoms with Gasteiger partial charge in [0, 0.05) is 50.8 Å². The smallest absolute Gasteiger partial charge is 0.327 e. The molecule has 1 rings (SSSR count). The van der Waals surface area contributed by atoms with Crippen LogP contribution in [0.3, 0.4) is 0 Å². The van der Waals surface area contributed by atoms with E-state index in [-0.39, 0.29) is 70.0 Å². The number of nitrogens with two attached hydrogens (primary N) is 1. The molecule has 0 spiro atoms. The van der Waals surface area contributed by atoms with Gasteiger partial charge in [-0.05, 0) is 37.7 Å². The van der Waals surface area contributed by atoms with Crippen molar-refractivity contribution in [1.82, 2.24) is 31.9 Å². The number of carbonyl (C=O) groups is 13. The van der Waals surface area contributed by atoms with Crippen molar-refractivity contribution in [2.75, 3.05) is 12.3 Å². The summed E-state index contributed by atoms with van der Waals surface area (Å²) >= 11 is 3.80. The number of hydrogen-bond acceptors (Lipinski definition) is 16. The van der Waals surface area contributed by atoms with Gasteiger partial charge in [0.2, 0.25) is 23.6 Å². The lowest BCUT2D eigenvalue weighted by Gasteiger charge is -2.21. The number of rotatable bonds is 36. The van der Waals surface area contributed by atoms with Crippen LogP contribution in [0.5, 0.6) is 0 Å². The van der Waals surface area contributed by atoms with Crippen LogP contribution >= 0.6 is 12.6 Å². The first kappa shape index (κ1) is 58.9. The molecule has 27 heteroatoms. The number of carboxylic acids is 5. The van der Waals surface area contributed by atoms with Crippen molar-refractivity contribution in [2.24, 2.45) is 11.7 Å². The van der Waals surface area contributed by atoms with Crippen LogP contribution < -0.4 is 37.6 Å². The molecule has 26 nitrogen and oxygen atoms in total. The number of amides is 6. The van der Waals surface area contributed by atoms with E-state index in [1.807, 2.05) is 5.32 Å². The van der Waals surface area contributed by atoms with Gasteiger partial charge in [0.25, 0.3) is 6.47 Å². The van der Waals surface area contributed by atoms with Gasteiger partial charge >= 0.3 is 35.9 Å². The first-order valence-electron chi connectivity index (χ1n) is 21.0. The van der Waals surface area contributed by atoms with E-state index in [4.69, 9.17) is 21.1 Å². The number of nitrogens with one attached hydrogen (secondary N) is 6. The molecule has 0 aromatic heterocycles. The molecule has 0 saturated heterocycles. The minimum absolute atomic E-state index is 0.0229. The van der Waals surface area contributed by atoms with Gasteiger partial charge in [0.05, 0.1) is 24.8 Å². The third kappa shape index (κ3) is 24.9. The second kappa shape index (κ2) is 31.7. The third-order valence-electron chi connectivity index (χ3n) is 9.75. The molecule has 1 unspecified atom stereocenters. The Hall–Kier alpha value is -7.16. The molecular formula is C41H57N7O19S. The number of thiol groups is 1. The van der Waals surface area contributed by atoms with E-state index in [9.17, 15) is 72.5 Å². The molecule has 6 amide bonds. The predicted octanol–water partition coefficient (Wildman–Crippen LogP) is -1.92. The number of urea groups is 1. The maximum Gasteiger partial charge on any atom is 0.327 e. The van der Waals surface area contributed by atoms with Crippen molar-refractivity contribution in [2.45, 2.75) is 120 Å². The zero-order valence-corrected chi connectivity index (χ0v) is 37.5. The highest BCUT2D eigenvalue weighted by Gasteiger charge is 2.31.